The molecule has 0 saturated carbocycles. The largest absolute Gasteiger partial charge is 0.352 e. The molecule has 0 spiro atoms. The standard InChI is InChI=1S/C17H17N5O/c1-13-2-7-16(20-19-13)21-8-10-22(11-9-21)17(23)15-5-3-14(12-18)4-6-15/h2-7H,8-11H2,1H3. The summed E-state index contributed by atoms with van der Waals surface area (Å²) in [7, 11) is 0. The van der Waals surface area contributed by atoms with Crippen molar-refractivity contribution < 1.29 is 4.79 Å². The molecule has 1 aliphatic rings. The van der Waals surface area contributed by atoms with Crippen LogP contribution in [0.5, 0.6) is 0 Å². The Morgan fingerprint density at radius 3 is 2.30 bits per heavy atom. The van der Waals surface area contributed by atoms with Crippen molar-refractivity contribution in [3.63, 3.8) is 0 Å². The van der Waals surface area contributed by atoms with Crippen molar-refractivity contribution in [3.8, 4) is 6.07 Å². The van der Waals surface area contributed by atoms with Gasteiger partial charge in [-0.05, 0) is 43.3 Å². The minimum absolute atomic E-state index is 0.00382. The molecule has 116 valence electrons. The van der Waals surface area contributed by atoms with Crippen molar-refractivity contribution in [2.45, 2.75) is 6.92 Å². The van der Waals surface area contributed by atoms with Crippen molar-refractivity contribution in [2.24, 2.45) is 0 Å². The summed E-state index contributed by atoms with van der Waals surface area (Å²) in [6.07, 6.45) is 0. The van der Waals surface area contributed by atoms with Gasteiger partial charge in [0.2, 0.25) is 0 Å². The van der Waals surface area contributed by atoms with Crippen LogP contribution in [0.3, 0.4) is 0 Å². The van der Waals surface area contributed by atoms with Crippen LogP contribution in [0.15, 0.2) is 36.4 Å². The van der Waals surface area contributed by atoms with Gasteiger partial charge in [0, 0.05) is 31.7 Å². The Bertz CT molecular complexity index is 725. The van der Waals surface area contributed by atoms with Gasteiger partial charge < -0.3 is 9.80 Å². The molecule has 1 aliphatic heterocycles. The number of carbonyl (C=O) groups is 1. The highest BCUT2D eigenvalue weighted by molar-refractivity contribution is 5.94. The predicted molar refractivity (Wildman–Crippen MR) is 86.0 cm³/mol. The van der Waals surface area contributed by atoms with Crippen molar-refractivity contribution in [1.29, 1.82) is 5.26 Å². The first-order valence-corrected chi connectivity index (χ1v) is 7.52. The molecule has 23 heavy (non-hydrogen) atoms. The molecule has 6 nitrogen and oxygen atoms in total. The van der Waals surface area contributed by atoms with E-state index in [2.05, 4.69) is 21.2 Å². The zero-order valence-electron chi connectivity index (χ0n) is 12.9. The molecule has 0 bridgehead atoms. The first kappa shape index (κ1) is 15.0. The molecule has 0 atom stereocenters. The normalized spacial score (nSPS) is 14.4. The third-order valence-electron chi connectivity index (χ3n) is 3.94. The lowest BCUT2D eigenvalue weighted by Gasteiger charge is -2.35. The molecule has 1 saturated heterocycles. The van der Waals surface area contributed by atoms with Crippen LogP contribution in [0.4, 0.5) is 5.82 Å². The van der Waals surface area contributed by atoms with Gasteiger partial charge in [0.15, 0.2) is 5.82 Å². The summed E-state index contributed by atoms with van der Waals surface area (Å²) >= 11 is 0. The summed E-state index contributed by atoms with van der Waals surface area (Å²) < 4.78 is 0. The van der Waals surface area contributed by atoms with Gasteiger partial charge >= 0.3 is 0 Å². The average molecular weight is 307 g/mol. The fourth-order valence-electron chi connectivity index (χ4n) is 2.57. The second kappa shape index (κ2) is 6.44. The molecule has 1 fully saturated rings. The van der Waals surface area contributed by atoms with Gasteiger partial charge in [-0.1, -0.05) is 0 Å². The molecule has 1 aromatic carbocycles. The van der Waals surface area contributed by atoms with Crippen LogP contribution in [-0.2, 0) is 0 Å². The van der Waals surface area contributed by atoms with E-state index in [9.17, 15) is 4.79 Å². The number of hydrogen-bond donors (Lipinski definition) is 0. The number of aryl methyl sites for hydroxylation is 1. The van der Waals surface area contributed by atoms with E-state index in [0.717, 1.165) is 24.6 Å². The highest BCUT2D eigenvalue weighted by Gasteiger charge is 2.22. The lowest BCUT2D eigenvalue weighted by atomic mass is 10.1. The van der Waals surface area contributed by atoms with E-state index < -0.39 is 0 Å². The van der Waals surface area contributed by atoms with Crippen LogP contribution in [0, 0.1) is 18.3 Å². The van der Waals surface area contributed by atoms with Crippen LogP contribution in [0.1, 0.15) is 21.6 Å². The Labute approximate surface area is 135 Å². The fraction of sp³-hybridized carbons (Fsp3) is 0.294. The Balaban J connectivity index is 1.62. The Kier molecular flexibility index (Phi) is 4.20. The molecule has 6 heteroatoms. The number of amides is 1. The van der Waals surface area contributed by atoms with E-state index in [4.69, 9.17) is 5.26 Å². The molecule has 1 aromatic heterocycles. The molecular weight excluding hydrogens is 290 g/mol. The first-order valence-electron chi connectivity index (χ1n) is 7.52. The Morgan fingerprint density at radius 2 is 1.74 bits per heavy atom. The van der Waals surface area contributed by atoms with E-state index in [0.29, 0.717) is 24.2 Å². The van der Waals surface area contributed by atoms with E-state index in [1.54, 1.807) is 24.3 Å². The topological polar surface area (TPSA) is 73.1 Å². The lowest BCUT2D eigenvalue weighted by molar-refractivity contribution is 0.0746. The summed E-state index contributed by atoms with van der Waals surface area (Å²) in [6.45, 7) is 4.67. The molecule has 2 aromatic rings. The van der Waals surface area contributed by atoms with Gasteiger partial charge in [-0.25, -0.2) is 0 Å². The maximum Gasteiger partial charge on any atom is 0.253 e. The summed E-state index contributed by atoms with van der Waals surface area (Å²) in [5, 5.41) is 17.1. The van der Waals surface area contributed by atoms with Gasteiger partial charge in [-0.15, -0.1) is 5.10 Å². The molecule has 0 radical (unpaired) electrons. The molecule has 0 unspecified atom stereocenters. The second-order valence-electron chi connectivity index (χ2n) is 5.50. The molecule has 0 aliphatic carbocycles. The molecule has 2 heterocycles. The van der Waals surface area contributed by atoms with Gasteiger partial charge in [0.25, 0.3) is 5.91 Å². The number of anilines is 1. The monoisotopic (exact) mass is 307 g/mol. The van der Waals surface area contributed by atoms with E-state index in [1.165, 1.54) is 0 Å². The van der Waals surface area contributed by atoms with Crippen molar-refractivity contribution in [2.75, 3.05) is 31.1 Å². The minimum atomic E-state index is 0.00382. The summed E-state index contributed by atoms with van der Waals surface area (Å²) in [6, 6.07) is 12.7. The minimum Gasteiger partial charge on any atom is -0.352 e. The summed E-state index contributed by atoms with van der Waals surface area (Å²) in [5.74, 6) is 0.852. The smallest absolute Gasteiger partial charge is 0.253 e. The SMILES string of the molecule is Cc1ccc(N2CCN(C(=O)c3ccc(C#N)cc3)CC2)nn1. The number of benzene rings is 1. The summed E-state index contributed by atoms with van der Waals surface area (Å²) in [4.78, 5) is 16.5. The number of aromatic nitrogens is 2. The van der Waals surface area contributed by atoms with Crippen molar-refractivity contribution in [1.82, 2.24) is 15.1 Å². The number of nitrogens with zero attached hydrogens (tertiary/aromatic N) is 5. The zero-order valence-corrected chi connectivity index (χ0v) is 12.9. The van der Waals surface area contributed by atoms with E-state index in [1.807, 2.05) is 24.0 Å². The maximum atomic E-state index is 12.5. The van der Waals surface area contributed by atoms with Crippen LogP contribution < -0.4 is 4.90 Å². The third-order valence-corrected chi connectivity index (χ3v) is 3.94. The van der Waals surface area contributed by atoms with Crippen LogP contribution in [0.25, 0.3) is 0 Å². The molecule has 1 amide bonds. The van der Waals surface area contributed by atoms with Gasteiger partial charge in [0.05, 0.1) is 17.3 Å². The molecule has 0 N–H and O–H groups in total. The number of rotatable bonds is 2. The van der Waals surface area contributed by atoms with Gasteiger partial charge in [0.1, 0.15) is 0 Å². The van der Waals surface area contributed by atoms with Crippen LogP contribution in [0.2, 0.25) is 0 Å². The van der Waals surface area contributed by atoms with Crippen molar-refractivity contribution >= 4 is 11.7 Å². The Hall–Kier alpha value is -2.94. The fourth-order valence-corrected chi connectivity index (χ4v) is 2.57. The highest BCUT2D eigenvalue weighted by atomic mass is 16.2. The molecular formula is C17H17N5O. The molecule has 3 rings (SSSR count). The third kappa shape index (κ3) is 3.29. The second-order valence-corrected chi connectivity index (χ2v) is 5.50. The average Bonchev–Trinajstić information content (AvgIpc) is 2.62. The quantitative estimate of drug-likeness (QED) is 0.843. The maximum absolute atomic E-state index is 12.5. The zero-order chi connectivity index (χ0) is 16.2. The first-order chi connectivity index (χ1) is 11.2. The van der Waals surface area contributed by atoms with Crippen LogP contribution >= 0.6 is 0 Å². The van der Waals surface area contributed by atoms with Crippen molar-refractivity contribution in [3.05, 3.63) is 53.2 Å². The summed E-state index contributed by atoms with van der Waals surface area (Å²) in [5.41, 5.74) is 2.07. The van der Waals surface area contributed by atoms with E-state index in [-0.39, 0.29) is 5.91 Å². The van der Waals surface area contributed by atoms with Crippen LogP contribution in [-0.4, -0.2) is 47.2 Å². The lowest BCUT2D eigenvalue weighted by Crippen LogP contribution is -2.49. The van der Waals surface area contributed by atoms with Gasteiger partial charge in [-0.2, -0.15) is 10.4 Å². The number of nitriles is 1. The number of hydrogen-bond acceptors (Lipinski definition) is 5. The highest BCUT2D eigenvalue weighted by Crippen LogP contribution is 2.15. The van der Waals surface area contributed by atoms with E-state index >= 15 is 0 Å². The Morgan fingerprint density at radius 1 is 1.04 bits per heavy atom. The predicted octanol–water partition coefficient (Wildman–Crippen LogP) is 1.62. The number of carbonyl (C=O) groups excluding carboxylic acids is 1. The van der Waals surface area contributed by atoms with Gasteiger partial charge in [-0.3, -0.25) is 4.79 Å². The number of piperazine rings is 1.